The molecule has 0 spiro atoms. The highest BCUT2D eigenvalue weighted by Gasteiger charge is 2.16. The molecule has 2 amide bonds. The van der Waals surface area contributed by atoms with Crippen LogP contribution in [0.1, 0.15) is 19.8 Å². The molecule has 0 radical (unpaired) electrons. The number of rotatable bonds is 4. The predicted molar refractivity (Wildman–Crippen MR) is 56.7 cm³/mol. The monoisotopic (exact) mass is 216 g/mol. The molecule has 1 atom stereocenters. The van der Waals surface area contributed by atoms with Crippen molar-refractivity contribution in [1.29, 1.82) is 0 Å². The van der Waals surface area contributed by atoms with Crippen LogP contribution in [-0.4, -0.2) is 55.0 Å². The van der Waals surface area contributed by atoms with E-state index in [1.807, 2.05) is 6.92 Å². The third-order valence-corrected chi connectivity index (χ3v) is 2.41. The SMILES string of the molecule is CCCC(O)CNC(=O)N1CCOCC1. The van der Waals surface area contributed by atoms with E-state index >= 15 is 0 Å². The van der Waals surface area contributed by atoms with Crippen LogP contribution < -0.4 is 5.32 Å². The molecule has 0 bridgehead atoms. The first-order valence-electron chi connectivity index (χ1n) is 5.52. The molecule has 5 heteroatoms. The second-order valence-corrected chi connectivity index (χ2v) is 3.73. The highest BCUT2D eigenvalue weighted by molar-refractivity contribution is 5.74. The molecule has 1 fully saturated rings. The van der Waals surface area contributed by atoms with Crippen LogP contribution in [0.25, 0.3) is 0 Å². The Kier molecular flexibility index (Phi) is 5.42. The van der Waals surface area contributed by atoms with Gasteiger partial charge in [0.1, 0.15) is 0 Å². The summed E-state index contributed by atoms with van der Waals surface area (Å²) in [5.74, 6) is 0. The fraction of sp³-hybridized carbons (Fsp3) is 0.900. The second kappa shape index (κ2) is 6.63. The van der Waals surface area contributed by atoms with Crippen LogP contribution in [0.3, 0.4) is 0 Å². The van der Waals surface area contributed by atoms with Gasteiger partial charge in [-0.15, -0.1) is 0 Å². The molecule has 1 aliphatic heterocycles. The minimum Gasteiger partial charge on any atom is -0.391 e. The van der Waals surface area contributed by atoms with Crippen LogP contribution in [0, 0.1) is 0 Å². The Morgan fingerprint density at radius 3 is 2.80 bits per heavy atom. The molecule has 1 unspecified atom stereocenters. The molecular weight excluding hydrogens is 196 g/mol. The summed E-state index contributed by atoms with van der Waals surface area (Å²) < 4.78 is 5.14. The number of hydrogen-bond donors (Lipinski definition) is 2. The number of carbonyl (C=O) groups is 1. The third kappa shape index (κ3) is 4.48. The van der Waals surface area contributed by atoms with Crippen molar-refractivity contribution in [1.82, 2.24) is 10.2 Å². The van der Waals surface area contributed by atoms with Gasteiger partial charge in [-0.25, -0.2) is 4.79 Å². The lowest BCUT2D eigenvalue weighted by molar-refractivity contribution is 0.0520. The minimum absolute atomic E-state index is 0.103. The highest BCUT2D eigenvalue weighted by Crippen LogP contribution is 1.98. The van der Waals surface area contributed by atoms with Crippen molar-refractivity contribution in [2.45, 2.75) is 25.9 Å². The molecule has 1 aliphatic rings. The zero-order valence-corrected chi connectivity index (χ0v) is 9.24. The van der Waals surface area contributed by atoms with E-state index in [0.29, 0.717) is 32.8 Å². The standard InChI is InChI=1S/C10H20N2O3/c1-2-3-9(13)8-11-10(14)12-4-6-15-7-5-12/h9,13H,2-8H2,1H3,(H,11,14). The zero-order chi connectivity index (χ0) is 11.1. The number of nitrogens with zero attached hydrogens (tertiary/aromatic N) is 1. The molecule has 0 aromatic heterocycles. The van der Waals surface area contributed by atoms with E-state index < -0.39 is 6.10 Å². The van der Waals surface area contributed by atoms with Crippen molar-refractivity contribution >= 4 is 6.03 Å². The zero-order valence-electron chi connectivity index (χ0n) is 9.24. The van der Waals surface area contributed by atoms with Gasteiger partial charge in [0.25, 0.3) is 0 Å². The van der Waals surface area contributed by atoms with Crippen LogP contribution in [0.2, 0.25) is 0 Å². The van der Waals surface area contributed by atoms with Crippen molar-refractivity contribution in [3.63, 3.8) is 0 Å². The first kappa shape index (κ1) is 12.3. The number of ether oxygens (including phenoxy) is 1. The molecular formula is C10H20N2O3. The Balaban J connectivity index is 2.16. The minimum atomic E-state index is -0.431. The van der Waals surface area contributed by atoms with Gasteiger partial charge in [0.05, 0.1) is 19.3 Å². The molecule has 0 saturated carbocycles. The Morgan fingerprint density at radius 2 is 2.20 bits per heavy atom. The summed E-state index contributed by atoms with van der Waals surface area (Å²) in [6.07, 6.45) is 1.22. The van der Waals surface area contributed by atoms with Crippen LogP contribution >= 0.6 is 0 Å². The van der Waals surface area contributed by atoms with Gasteiger partial charge in [-0.2, -0.15) is 0 Å². The van der Waals surface area contributed by atoms with Crippen molar-refractivity contribution in [3.8, 4) is 0 Å². The van der Waals surface area contributed by atoms with Crippen LogP contribution in [-0.2, 0) is 4.74 Å². The summed E-state index contributed by atoms with van der Waals surface area (Å²) >= 11 is 0. The van der Waals surface area contributed by atoms with Gasteiger partial charge < -0.3 is 20.1 Å². The van der Waals surface area contributed by atoms with Crippen molar-refractivity contribution in [3.05, 3.63) is 0 Å². The Labute approximate surface area is 90.4 Å². The predicted octanol–water partition coefficient (Wildman–Crippen LogP) is 0.189. The summed E-state index contributed by atoms with van der Waals surface area (Å²) in [5.41, 5.74) is 0. The highest BCUT2D eigenvalue weighted by atomic mass is 16.5. The lowest BCUT2D eigenvalue weighted by atomic mass is 10.2. The molecule has 1 rings (SSSR count). The average molecular weight is 216 g/mol. The van der Waals surface area contributed by atoms with E-state index in [9.17, 15) is 9.90 Å². The molecule has 0 aromatic rings. The molecule has 1 saturated heterocycles. The van der Waals surface area contributed by atoms with Crippen molar-refractivity contribution < 1.29 is 14.6 Å². The van der Waals surface area contributed by atoms with Gasteiger partial charge in [-0.3, -0.25) is 0 Å². The first-order valence-corrected chi connectivity index (χ1v) is 5.52. The molecule has 1 heterocycles. The van der Waals surface area contributed by atoms with E-state index in [0.717, 1.165) is 12.8 Å². The maximum Gasteiger partial charge on any atom is 0.317 e. The maximum absolute atomic E-state index is 11.6. The normalized spacial score (nSPS) is 18.7. The van der Waals surface area contributed by atoms with Crippen molar-refractivity contribution in [2.75, 3.05) is 32.8 Å². The quantitative estimate of drug-likeness (QED) is 0.705. The van der Waals surface area contributed by atoms with Crippen LogP contribution in [0.4, 0.5) is 4.79 Å². The number of nitrogens with one attached hydrogen (secondary N) is 1. The summed E-state index contributed by atoms with van der Waals surface area (Å²) in [5, 5.41) is 12.2. The summed E-state index contributed by atoms with van der Waals surface area (Å²) in [6.45, 7) is 4.82. The molecule has 0 aliphatic carbocycles. The van der Waals surface area contributed by atoms with Gasteiger partial charge in [0, 0.05) is 19.6 Å². The largest absolute Gasteiger partial charge is 0.391 e. The number of amides is 2. The second-order valence-electron chi connectivity index (χ2n) is 3.73. The number of aliphatic hydroxyl groups is 1. The summed E-state index contributed by atoms with van der Waals surface area (Å²) in [7, 11) is 0. The maximum atomic E-state index is 11.6. The smallest absolute Gasteiger partial charge is 0.317 e. The number of urea groups is 1. The van der Waals surface area contributed by atoms with Crippen molar-refractivity contribution in [2.24, 2.45) is 0 Å². The van der Waals surface area contributed by atoms with E-state index in [2.05, 4.69) is 5.32 Å². The fourth-order valence-corrected chi connectivity index (χ4v) is 1.52. The molecule has 88 valence electrons. The molecule has 5 nitrogen and oxygen atoms in total. The Bertz CT molecular complexity index is 193. The Hall–Kier alpha value is -0.810. The van der Waals surface area contributed by atoms with E-state index in [1.165, 1.54) is 0 Å². The van der Waals surface area contributed by atoms with E-state index in [-0.39, 0.29) is 6.03 Å². The summed E-state index contributed by atoms with van der Waals surface area (Å²) in [6, 6.07) is -0.103. The number of aliphatic hydroxyl groups excluding tert-OH is 1. The molecule has 0 aromatic carbocycles. The topological polar surface area (TPSA) is 61.8 Å². The Morgan fingerprint density at radius 1 is 1.53 bits per heavy atom. The first-order chi connectivity index (χ1) is 7.24. The van der Waals surface area contributed by atoms with E-state index in [1.54, 1.807) is 4.90 Å². The lowest BCUT2D eigenvalue weighted by Gasteiger charge is -2.27. The number of hydrogen-bond acceptors (Lipinski definition) is 3. The van der Waals surface area contributed by atoms with Gasteiger partial charge in [-0.05, 0) is 6.42 Å². The van der Waals surface area contributed by atoms with Gasteiger partial charge in [0.15, 0.2) is 0 Å². The number of carbonyl (C=O) groups excluding carboxylic acids is 1. The average Bonchev–Trinajstić information content (AvgIpc) is 2.27. The van der Waals surface area contributed by atoms with Crippen LogP contribution in [0.5, 0.6) is 0 Å². The fourth-order valence-electron chi connectivity index (χ4n) is 1.52. The lowest BCUT2D eigenvalue weighted by Crippen LogP contribution is -2.47. The summed E-state index contributed by atoms with van der Waals surface area (Å²) in [4.78, 5) is 13.3. The third-order valence-electron chi connectivity index (χ3n) is 2.41. The van der Waals surface area contributed by atoms with E-state index in [4.69, 9.17) is 4.74 Å². The number of morpholine rings is 1. The van der Waals surface area contributed by atoms with Gasteiger partial charge in [0.2, 0.25) is 0 Å². The van der Waals surface area contributed by atoms with Gasteiger partial charge >= 0.3 is 6.03 Å². The van der Waals surface area contributed by atoms with Crippen LogP contribution in [0.15, 0.2) is 0 Å². The van der Waals surface area contributed by atoms with Gasteiger partial charge in [-0.1, -0.05) is 13.3 Å². The molecule has 15 heavy (non-hydrogen) atoms. The molecule has 2 N–H and O–H groups in total.